The summed E-state index contributed by atoms with van der Waals surface area (Å²) in [6, 6.07) is 6.15. The van der Waals surface area contributed by atoms with Crippen molar-refractivity contribution in [3.05, 3.63) is 42.0 Å². The maximum absolute atomic E-state index is 12.1. The topological polar surface area (TPSA) is 80.5 Å². The Morgan fingerprint density at radius 3 is 2.59 bits per heavy atom. The van der Waals surface area contributed by atoms with Crippen LogP contribution in [0.3, 0.4) is 0 Å². The third-order valence-corrected chi connectivity index (χ3v) is 4.35. The molecular formula is C11H12N2O3S. The maximum atomic E-state index is 12.1. The molecule has 17 heavy (non-hydrogen) atoms. The molecule has 1 aliphatic rings. The molecule has 0 radical (unpaired) electrons. The van der Waals surface area contributed by atoms with Crippen LogP contribution in [0.5, 0.6) is 0 Å². The van der Waals surface area contributed by atoms with Crippen molar-refractivity contribution in [1.82, 2.24) is 4.31 Å². The summed E-state index contributed by atoms with van der Waals surface area (Å²) in [7, 11) is -3.73. The molecule has 6 heteroatoms. The SMILES string of the molecule is C=C(CN)CN1C(=O)c2ccccc2S1(=O)=O. The van der Waals surface area contributed by atoms with Crippen molar-refractivity contribution in [2.45, 2.75) is 4.90 Å². The van der Waals surface area contributed by atoms with Crippen molar-refractivity contribution in [3.63, 3.8) is 0 Å². The summed E-state index contributed by atoms with van der Waals surface area (Å²) in [5, 5.41) is 0. The zero-order valence-corrected chi connectivity index (χ0v) is 9.90. The normalized spacial score (nSPS) is 17.0. The highest BCUT2D eigenvalue weighted by molar-refractivity contribution is 7.90. The first-order valence-corrected chi connectivity index (χ1v) is 6.45. The fraction of sp³-hybridized carbons (Fsp3) is 0.182. The van der Waals surface area contributed by atoms with E-state index in [2.05, 4.69) is 6.58 Å². The van der Waals surface area contributed by atoms with Gasteiger partial charge in [0.1, 0.15) is 4.90 Å². The molecule has 90 valence electrons. The van der Waals surface area contributed by atoms with E-state index in [0.717, 1.165) is 4.31 Å². The molecule has 0 atom stereocenters. The van der Waals surface area contributed by atoms with Crippen LogP contribution < -0.4 is 5.73 Å². The van der Waals surface area contributed by atoms with E-state index in [4.69, 9.17) is 5.73 Å². The van der Waals surface area contributed by atoms with Crippen LogP contribution in [0.25, 0.3) is 0 Å². The molecule has 1 amide bonds. The standard InChI is InChI=1S/C11H12N2O3S/c1-8(6-12)7-13-11(14)9-4-2-3-5-10(9)17(13,15)16/h2-5H,1,6-7,12H2. The van der Waals surface area contributed by atoms with Crippen molar-refractivity contribution in [2.75, 3.05) is 13.1 Å². The summed E-state index contributed by atoms with van der Waals surface area (Å²) >= 11 is 0. The van der Waals surface area contributed by atoms with Gasteiger partial charge in [0.25, 0.3) is 15.9 Å². The number of carbonyl (C=O) groups is 1. The minimum absolute atomic E-state index is 0.0508. The lowest BCUT2D eigenvalue weighted by atomic mass is 10.2. The third-order valence-electron chi connectivity index (χ3n) is 2.57. The molecule has 2 N–H and O–H groups in total. The van der Waals surface area contributed by atoms with Gasteiger partial charge in [0.15, 0.2) is 0 Å². The Morgan fingerprint density at radius 2 is 2.00 bits per heavy atom. The molecule has 0 unspecified atom stereocenters. The van der Waals surface area contributed by atoms with Crippen molar-refractivity contribution < 1.29 is 13.2 Å². The molecule has 5 nitrogen and oxygen atoms in total. The van der Waals surface area contributed by atoms with E-state index in [9.17, 15) is 13.2 Å². The molecule has 0 aromatic heterocycles. The largest absolute Gasteiger partial charge is 0.327 e. The predicted molar refractivity (Wildman–Crippen MR) is 62.9 cm³/mol. The fourth-order valence-corrected chi connectivity index (χ4v) is 3.25. The van der Waals surface area contributed by atoms with Gasteiger partial charge in [-0.3, -0.25) is 4.79 Å². The van der Waals surface area contributed by atoms with Crippen LogP contribution in [-0.2, 0) is 10.0 Å². The van der Waals surface area contributed by atoms with E-state index in [0.29, 0.717) is 5.57 Å². The van der Waals surface area contributed by atoms with Crippen LogP contribution in [0.4, 0.5) is 0 Å². The van der Waals surface area contributed by atoms with E-state index in [1.165, 1.54) is 12.1 Å². The van der Waals surface area contributed by atoms with Gasteiger partial charge in [-0.1, -0.05) is 18.7 Å². The third kappa shape index (κ3) is 1.75. The quantitative estimate of drug-likeness (QED) is 0.787. The van der Waals surface area contributed by atoms with Crippen LogP contribution in [0, 0.1) is 0 Å². The number of carbonyl (C=O) groups excluding carboxylic acids is 1. The van der Waals surface area contributed by atoms with Gasteiger partial charge in [-0.05, 0) is 17.7 Å². The Morgan fingerprint density at radius 1 is 1.35 bits per heavy atom. The van der Waals surface area contributed by atoms with Crippen molar-refractivity contribution in [1.29, 1.82) is 0 Å². The molecule has 1 aromatic carbocycles. The van der Waals surface area contributed by atoms with Gasteiger partial charge in [-0.15, -0.1) is 0 Å². The molecule has 0 saturated heterocycles. The average molecular weight is 252 g/mol. The number of hydrogen-bond donors (Lipinski definition) is 1. The van der Waals surface area contributed by atoms with Crippen LogP contribution in [0.15, 0.2) is 41.3 Å². The second-order valence-electron chi connectivity index (χ2n) is 3.77. The Hall–Kier alpha value is -1.66. The molecule has 1 heterocycles. The Kier molecular flexibility index (Phi) is 2.76. The molecule has 0 bridgehead atoms. The monoisotopic (exact) mass is 252 g/mol. The summed E-state index contributed by atoms with van der Waals surface area (Å²) in [6.45, 7) is 3.70. The van der Waals surface area contributed by atoms with E-state index < -0.39 is 15.9 Å². The number of fused-ring (bicyclic) bond motifs is 1. The maximum Gasteiger partial charge on any atom is 0.269 e. The number of benzene rings is 1. The fourth-order valence-electron chi connectivity index (χ4n) is 1.65. The zero-order chi connectivity index (χ0) is 12.6. The van der Waals surface area contributed by atoms with Gasteiger partial charge < -0.3 is 5.73 Å². The Balaban J connectivity index is 2.48. The van der Waals surface area contributed by atoms with Crippen molar-refractivity contribution in [2.24, 2.45) is 5.73 Å². The van der Waals surface area contributed by atoms with E-state index in [1.54, 1.807) is 12.1 Å². The van der Waals surface area contributed by atoms with Gasteiger partial charge in [-0.25, -0.2) is 12.7 Å². The van der Waals surface area contributed by atoms with E-state index in [-0.39, 0.29) is 23.5 Å². The summed E-state index contributed by atoms with van der Waals surface area (Å²) in [4.78, 5) is 12.0. The van der Waals surface area contributed by atoms with Gasteiger partial charge in [0.05, 0.1) is 12.1 Å². The van der Waals surface area contributed by atoms with Gasteiger partial charge in [-0.2, -0.15) is 0 Å². The Labute approximate surface area is 99.6 Å². The Bertz CT molecular complexity index is 592. The number of sulfonamides is 1. The first-order valence-electron chi connectivity index (χ1n) is 5.01. The highest BCUT2D eigenvalue weighted by Gasteiger charge is 2.40. The second-order valence-corrected chi connectivity index (χ2v) is 5.60. The predicted octanol–water partition coefficient (Wildman–Crippen LogP) is 0.346. The average Bonchev–Trinajstić information content (AvgIpc) is 2.51. The molecule has 0 spiro atoms. The summed E-state index contributed by atoms with van der Waals surface area (Å²) < 4.78 is 25.0. The smallest absolute Gasteiger partial charge is 0.269 e. The first kappa shape index (κ1) is 11.8. The minimum atomic E-state index is -3.73. The first-order chi connectivity index (χ1) is 7.98. The van der Waals surface area contributed by atoms with Crippen LogP contribution in [-0.4, -0.2) is 31.7 Å². The molecule has 1 aliphatic heterocycles. The number of hydrogen-bond acceptors (Lipinski definition) is 4. The molecular weight excluding hydrogens is 240 g/mol. The molecule has 2 rings (SSSR count). The lowest BCUT2D eigenvalue weighted by molar-refractivity contribution is 0.0878. The minimum Gasteiger partial charge on any atom is -0.327 e. The highest BCUT2D eigenvalue weighted by Crippen LogP contribution is 2.30. The molecule has 1 aromatic rings. The van der Waals surface area contributed by atoms with Crippen LogP contribution >= 0.6 is 0 Å². The lowest BCUT2D eigenvalue weighted by Gasteiger charge is -2.15. The van der Waals surface area contributed by atoms with Gasteiger partial charge in [0, 0.05) is 6.54 Å². The number of amides is 1. The number of nitrogens with two attached hydrogens (primary N) is 1. The summed E-state index contributed by atoms with van der Waals surface area (Å²) in [5.74, 6) is -0.518. The summed E-state index contributed by atoms with van der Waals surface area (Å²) in [5.41, 5.74) is 6.06. The van der Waals surface area contributed by atoms with Crippen LogP contribution in [0.2, 0.25) is 0 Å². The van der Waals surface area contributed by atoms with E-state index in [1.807, 2.05) is 0 Å². The van der Waals surface area contributed by atoms with Crippen molar-refractivity contribution in [3.8, 4) is 0 Å². The second kappa shape index (κ2) is 3.97. The molecule has 0 aliphatic carbocycles. The zero-order valence-electron chi connectivity index (χ0n) is 9.09. The van der Waals surface area contributed by atoms with Gasteiger partial charge >= 0.3 is 0 Å². The number of nitrogens with zero attached hydrogens (tertiary/aromatic N) is 1. The van der Waals surface area contributed by atoms with Gasteiger partial charge in [0.2, 0.25) is 0 Å². The van der Waals surface area contributed by atoms with Crippen molar-refractivity contribution >= 4 is 15.9 Å². The lowest BCUT2D eigenvalue weighted by Crippen LogP contribution is -2.33. The van der Waals surface area contributed by atoms with Crippen LogP contribution in [0.1, 0.15) is 10.4 Å². The number of rotatable bonds is 3. The highest BCUT2D eigenvalue weighted by atomic mass is 32.2. The molecule has 0 saturated carbocycles. The molecule has 0 fully saturated rings. The summed E-state index contributed by atoms with van der Waals surface area (Å²) in [6.07, 6.45) is 0. The van der Waals surface area contributed by atoms with E-state index >= 15 is 0 Å².